The van der Waals surface area contributed by atoms with E-state index in [4.69, 9.17) is 5.26 Å². The summed E-state index contributed by atoms with van der Waals surface area (Å²) >= 11 is 0. The van der Waals surface area contributed by atoms with E-state index >= 15 is 0 Å². The van der Waals surface area contributed by atoms with Crippen LogP contribution in [0.4, 0.5) is 0 Å². The van der Waals surface area contributed by atoms with Crippen LogP contribution in [0.3, 0.4) is 0 Å². The Hall–Kier alpha value is 2.73. The summed E-state index contributed by atoms with van der Waals surface area (Å²) < 4.78 is 2.78. The fraction of sp³-hybridized carbons (Fsp3) is 0. The molecule has 44 valence electrons. The van der Waals surface area contributed by atoms with Crippen LogP contribution in [0.5, 0.6) is 0 Å². The van der Waals surface area contributed by atoms with E-state index in [1.165, 1.54) is 0 Å². The minimum Gasteiger partial charge on any atom is -0.870 e. The van der Waals surface area contributed by atoms with Crippen LogP contribution in [-0.4, -0.2) is 6.08 Å². The van der Waals surface area contributed by atoms with Gasteiger partial charge in [-0.15, -0.1) is 0 Å². The van der Waals surface area contributed by atoms with E-state index in [1.54, 1.807) is 5.40 Å². The van der Waals surface area contributed by atoms with Crippen molar-refractivity contribution in [3.05, 3.63) is 0 Å². The number of nitriles is 1. The van der Waals surface area contributed by atoms with Gasteiger partial charge >= 0.3 is 103 Å². The second-order valence-corrected chi connectivity index (χ2v) is 2.23. The molecule has 0 aliphatic carbocycles. The quantitative estimate of drug-likeness (QED) is 0.0889. The van der Waals surface area contributed by atoms with Crippen LogP contribution in [0.2, 0.25) is 0 Å². The molecule has 8 heteroatoms. The average Bonchev–Trinajstić information content (AvgIpc) is 1.66. The van der Waals surface area contributed by atoms with Crippen molar-refractivity contribution >= 4 is 27.9 Å². The van der Waals surface area contributed by atoms with Crippen LogP contribution in [0.15, 0.2) is 4.40 Å². The van der Waals surface area contributed by atoms with Crippen molar-refractivity contribution in [1.82, 2.24) is 0 Å². The maximum Gasteiger partial charge on any atom is 1.00 e. The normalized spacial score (nSPS) is 5.90. The van der Waals surface area contributed by atoms with Gasteiger partial charge in [-0.1, -0.05) is 6.08 Å². The zero-order valence-electron chi connectivity index (χ0n) is 5.53. The van der Waals surface area contributed by atoms with Crippen molar-refractivity contribution in [3.63, 3.8) is 0 Å². The van der Waals surface area contributed by atoms with E-state index in [2.05, 4.69) is 4.40 Å². The van der Waals surface area contributed by atoms with Crippen molar-refractivity contribution in [3.8, 4) is 5.40 Å². The van der Waals surface area contributed by atoms with Gasteiger partial charge in [0.25, 0.3) is 0 Å². The first-order valence-electron chi connectivity index (χ1n) is 1.41. The number of rotatable bonds is 2. The summed E-state index contributed by atoms with van der Waals surface area (Å²) in [6.45, 7) is 0. The molecule has 0 heterocycles. The van der Waals surface area contributed by atoms with Gasteiger partial charge in [0, 0.05) is 10.8 Å². The van der Waals surface area contributed by atoms with Gasteiger partial charge in [0.1, 0.15) is 5.40 Å². The third-order valence-electron chi connectivity index (χ3n) is 0.186. The molecule has 0 aromatic carbocycles. The molecule has 0 unspecified atom stereocenters. The first-order chi connectivity index (χ1) is 3.77. The summed E-state index contributed by atoms with van der Waals surface area (Å²) in [6, 6.07) is 0. The van der Waals surface area contributed by atoms with Gasteiger partial charge in [0.2, 0.25) is 0 Å². The molecule has 0 bridgehead atoms. The monoisotopic (exact) mass is 226 g/mol. The summed E-state index contributed by atoms with van der Waals surface area (Å²) in [4.78, 5) is 0. The minimum atomic E-state index is -1.52. The Morgan fingerprint density at radius 3 is 2.20 bits per heavy atom. The molecule has 0 fully saturated rings. The molecule has 0 atom stereocenters. The molecule has 4 nitrogen and oxygen atoms in total. The van der Waals surface area contributed by atoms with Gasteiger partial charge in [0.05, 0.1) is 11.0 Å². The van der Waals surface area contributed by atoms with Crippen molar-refractivity contribution < 1.29 is 113 Å². The maximum absolute atomic E-state index is 9.45. The number of hydrogen-bond donors (Lipinski definition) is 0. The molecule has 0 amide bonds. The molecule has 0 rings (SSSR count). The zero-order valence-corrected chi connectivity index (χ0v) is 13.4. The predicted molar refractivity (Wildman–Crippen MR) is 28.2 cm³/mol. The van der Waals surface area contributed by atoms with Gasteiger partial charge < -0.3 is 10.2 Å². The van der Waals surface area contributed by atoms with E-state index in [9.17, 15) is 10.2 Å². The molecule has 0 spiro atoms. The Morgan fingerprint density at radius 1 is 1.40 bits per heavy atom. The van der Waals surface area contributed by atoms with Crippen LogP contribution in [0.1, 0.15) is 0 Å². The van der Waals surface area contributed by atoms with E-state index in [0.29, 0.717) is 21.8 Å². The standard InChI is InChI=1S/C2H2N2O2S2.2K/c3-1-7-8-4-2(5)6;;/h(H2,4,5,6);;/q;2*+1/p-2. The minimum absolute atomic E-state index is 0. The van der Waals surface area contributed by atoms with Crippen molar-refractivity contribution in [2.45, 2.75) is 0 Å². The van der Waals surface area contributed by atoms with Gasteiger partial charge in [-0.25, -0.2) is 4.40 Å². The molecule has 0 saturated carbocycles. The molecule has 0 aromatic rings. The third kappa shape index (κ3) is 17.0. The molecule has 0 aromatic heterocycles. The molecular formula is C2K2N2O2S2. The topological polar surface area (TPSA) is 82.3 Å². The van der Waals surface area contributed by atoms with Gasteiger partial charge in [-0.2, -0.15) is 5.26 Å². The second kappa shape index (κ2) is 14.3. The van der Waals surface area contributed by atoms with Crippen LogP contribution >= 0.6 is 21.8 Å². The van der Waals surface area contributed by atoms with Crippen molar-refractivity contribution in [2.75, 3.05) is 0 Å². The Morgan fingerprint density at radius 2 is 1.90 bits per heavy atom. The number of hydrogen-bond acceptors (Lipinski definition) is 6. The van der Waals surface area contributed by atoms with Gasteiger partial charge in [0.15, 0.2) is 0 Å². The fourth-order valence-electron chi connectivity index (χ4n) is 0.0657. The molecule has 0 aliphatic rings. The number of thiocyanates is 1. The maximum atomic E-state index is 9.45. The summed E-state index contributed by atoms with van der Waals surface area (Å²) in [5.74, 6) is 0. The first kappa shape index (κ1) is 18.5. The Kier molecular flexibility index (Phi) is 26.4. The second-order valence-electron chi connectivity index (χ2n) is 0.606. The van der Waals surface area contributed by atoms with Crippen LogP contribution in [0.25, 0.3) is 0 Å². The van der Waals surface area contributed by atoms with Gasteiger partial charge in [-0.3, -0.25) is 0 Å². The molecular weight excluding hydrogens is 226 g/mol. The van der Waals surface area contributed by atoms with Crippen LogP contribution in [0, 0.1) is 10.7 Å². The fourth-order valence-corrected chi connectivity index (χ4v) is 0.592. The van der Waals surface area contributed by atoms with Crippen LogP contribution in [-0.2, 0) is 0 Å². The largest absolute Gasteiger partial charge is 1.00 e. The third-order valence-corrected chi connectivity index (χ3v) is 1.23. The van der Waals surface area contributed by atoms with Crippen molar-refractivity contribution in [1.29, 1.82) is 5.26 Å². The molecule has 0 radical (unpaired) electrons. The molecule has 10 heavy (non-hydrogen) atoms. The summed E-state index contributed by atoms with van der Waals surface area (Å²) in [7, 11) is 1.25. The van der Waals surface area contributed by atoms with E-state index < -0.39 is 6.08 Å². The Bertz CT molecular complexity index is 132. The van der Waals surface area contributed by atoms with Crippen LogP contribution < -0.4 is 113 Å². The number of nitrogens with zero attached hydrogens (tertiary/aromatic N) is 2. The molecule has 0 saturated heterocycles. The summed E-state index contributed by atoms with van der Waals surface area (Å²) in [5, 5.41) is 28.3. The van der Waals surface area contributed by atoms with E-state index in [1.807, 2.05) is 0 Å². The SMILES string of the molecule is N#CSSN=C([O-])[O-].[K+].[K+]. The smallest absolute Gasteiger partial charge is 0.870 e. The van der Waals surface area contributed by atoms with E-state index in [0.717, 1.165) is 0 Å². The van der Waals surface area contributed by atoms with E-state index in [-0.39, 0.29) is 103 Å². The Balaban J connectivity index is -0.000000245. The Labute approximate surface area is 152 Å². The molecule has 0 N–H and O–H groups in total. The summed E-state index contributed by atoms with van der Waals surface area (Å²) in [5.41, 5.74) is 0. The average molecular weight is 226 g/mol. The predicted octanol–water partition coefficient (Wildman–Crippen LogP) is -7.15. The van der Waals surface area contributed by atoms with Crippen molar-refractivity contribution in [2.24, 2.45) is 4.40 Å². The molecule has 0 aliphatic heterocycles. The van der Waals surface area contributed by atoms with Gasteiger partial charge in [-0.05, 0) is 0 Å². The first-order valence-corrected chi connectivity index (χ1v) is 3.52. The summed E-state index contributed by atoms with van der Waals surface area (Å²) in [6.07, 6.45) is -1.52. The zero-order chi connectivity index (χ0) is 6.41.